The maximum atomic E-state index is 13.8. The number of aryl methyl sites for hydroxylation is 1. The lowest BCUT2D eigenvalue weighted by Crippen LogP contribution is -2.60. The number of nitrogens with one attached hydrogen (secondary N) is 1. The monoisotopic (exact) mass is 545 g/mol. The summed E-state index contributed by atoms with van der Waals surface area (Å²) in [5.74, 6) is -2.49. The Morgan fingerprint density at radius 3 is 2.45 bits per heavy atom. The zero-order valence-electron chi connectivity index (χ0n) is 20.6. The Kier molecular flexibility index (Phi) is 8.76. The van der Waals surface area contributed by atoms with Gasteiger partial charge in [0.1, 0.15) is 24.0 Å². The van der Waals surface area contributed by atoms with Gasteiger partial charge in [0.15, 0.2) is 5.54 Å². The molecule has 2 unspecified atom stereocenters. The standard InChI is InChI=1S/C28H29F2NO6S/c29-22-10-9-21(26(30)17-22)18-36-24-11-13-25(14-12-24)38(34,35)31-28(27(32)33)16-15-23(37-19-28)8-4-7-20-5-2-1-3-6-20/h1-3,5-6,9-14,17,23,31H,4,7-8,15-16,18-19H2,(H,32,33). The number of sulfonamides is 1. The van der Waals surface area contributed by atoms with Crippen LogP contribution in [-0.4, -0.2) is 37.7 Å². The van der Waals surface area contributed by atoms with E-state index in [0.717, 1.165) is 31.4 Å². The van der Waals surface area contributed by atoms with E-state index in [-0.39, 0.29) is 41.9 Å². The molecule has 2 N–H and O–H groups in total. The van der Waals surface area contributed by atoms with Crippen LogP contribution in [0.25, 0.3) is 0 Å². The van der Waals surface area contributed by atoms with E-state index in [1.54, 1.807) is 0 Å². The van der Waals surface area contributed by atoms with Crippen LogP contribution in [0.5, 0.6) is 5.75 Å². The van der Waals surface area contributed by atoms with E-state index in [4.69, 9.17) is 9.47 Å². The van der Waals surface area contributed by atoms with Gasteiger partial charge in [0, 0.05) is 11.6 Å². The molecule has 1 aliphatic rings. The molecule has 3 aromatic rings. The predicted molar refractivity (Wildman–Crippen MR) is 136 cm³/mol. The van der Waals surface area contributed by atoms with Crippen LogP contribution in [-0.2, 0) is 32.6 Å². The molecule has 0 aliphatic carbocycles. The minimum absolute atomic E-state index is 0.0992. The van der Waals surface area contributed by atoms with Gasteiger partial charge in [-0.2, -0.15) is 4.72 Å². The molecule has 7 nitrogen and oxygen atoms in total. The summed E-state index contributed by atoms with van der Waals surface area (Å²) in [6.45, 7) is -0.454. The largest absolute Gasteiger partial charge is 0.489 e. The quantitative estimate of drug-likeness (QED) is 0.357. The summed E-state index contributed by atoms with van der Waals surface area (Å²) in [5, 5.41) is 9.89. The number of benzene rings is 3. The molecule has 1 aliphatic heterocycles. The van der Waals surface area contributed by atoms with Crippen LogP contribution in [0.4, 0.5) is 8.78 Å². The smallest absolute Gasteiger partial charge is 0.327 e. The molecule has 2 atom stereocenters. The van der Waals surface area contributed by atoms with Gasteiger partial charge in [0.05, 0.1) is 17.6 Å². The van der Waals surface area contributed by atoms with Crippen molar-refractivity contribution in [2.45, 2.75) is 55.2 Å². The maximum absolute atomic E-state index is 13.8. The first kappa shape index (κ1) is 27.7. The van der Waals surface area contributed by atoms with Gasteiger partial charge < -0.3 is 14.6 Å². The summed E-state index contributed by atoms with van der Waals surface area (Å²) >= 11 is 0. The van der Waals surface area contributed by atoms with Crippen molar-refractivity contribution in [2.75, 3.05) is 6.61 Å². The summed E-state index contributed by atoms with van der Waals surface area (Å²) in [7, 11) is -4.20. The van der Waals surface area contributed by atoms with Gasteiger partial charge in [0.2, 0.25) is 10.0 Å². The number of halogens is 2. The van der Waals surface area contributed by atoms with E-state index < -0.39 is 33.2 Å². The Morgan fingerprint density at radius 1 is 1.08 bits per heavy atom. The van der Waals surface area contributed by atoms with Crippen molar-refractivity contribution >= 4 is 16.0 Å². The summed E-state index contributed by atoms with van der Waals surface area (Å²) in [6, 6.07) is 18.4. The molecule has 38 heavy (non-hydrogen) atoms. The maximum Gasteiger partial charge on any atom is 0.327 e. The fraction of sp³-hybridized carbons (Fsp3) is 0.321. The third-order valence-electron chi connectivity index (χ3n) is 6.58. The molecule has 10 heteroatoms. The fourth-order valence-electron chi connectivity index (χ4n) is 4.35. The van der Waals surface area contributed by atoms with Gasteiger partial charge in [-0.15, -0.1) is 0 Å². The summed E-state index contributed by atoms with van der Waals surface area (Å²) in [5.41, 5.74) is -0.414. The van der Waals surface area contributed by atoms with Crippen LogP contribution in [0.3, 0.4) is 0 Å². The Morgan fingerprint density at radius 2 is 1.82 bits per heavy atom. The number of carboxylic acids is 1. The fourth-order valence-corrected chi connectivity index (χ4v) is 5.73. The molecule has 0 bridgehead atoms. The molecule has 0 saturated carbocycles. The van der Waals surface area contributed by atoms with Crippen molar-refractivity contribution < 1.29 is 36.6 Å². The van der Waals surface area contributed by atoms with Crippen molar-refractivity contribution in [2.24, 2.45) is 0 Å². The Bertz CT molecular complexity index is 1340. The zero-order valence-corrected chi connectivity index (χ0v) is 21.4. The van der Waals surface area contributed by atoms with Gasteiger partial charge in [-0.3, -0.25) is 4.79 Å². The second kappa shape index (κ2) is 12.0. The van der Waals surface area contributed by atoms with Crippen LogP contribution in [0, 0.1) is 11.6 Å². The second-order valence-corrected chi connectivity index (χ2v) is 11.0. The SMILES string of the molecule is O=C(O)C1(NS(=O)(=O)c2ccc(OCc3ccc(F)cc3F)cc2)CCC(CCCc2ccccc2)OC1. The average molecular weight is 546 g/mol. The normalized spacial score (nSPS) is 19.7. The molecule has 0 amide bonds. The second-order valence-electron chi connectivity index (χ2n) is 9.34. The molecular weight excluding hydrogens is 516 g/mol. The molecule has 0 radical (unpaired) electrons. The van der Waals surface area contributed by atoms with E-state index in [0.29, 0.717) is 6.42 Å². The molecule has 0 spiro atoms. The number of rotatable bonds is 11. The predicted octanol–water partition coefficient (Wildman–Crippen LogP) is 4.85. The first-order valence-electron chi connectivity index (χ1n) is 12.3. The van der Waals surface area contributed by atoms with Crippen LogP contribution < -0.4 is 9.46 Å². The van der Waals surface area contributed by atoms with Crippen LogP contribution >= 0.6 is 0 Å². The lowest BCUT2D eigenvalue weighted by Gasteiger charge is -2.37. The van der Waals surface area contributed by atoms with Crippen LogP contribution in [0.1, 0.15) is 36.8 Å². The van der Waals surface area contributed by atoms with Crippen molar-refractivity contribution in [3.8, 4) is 5.75 Å². The summed E-state index contributed by atoms with van der Waals surface area (Å²) in [6.07, 6.45) is 2.88. The van der Waals surface area contributed by atoms with E-state index in [2.05, 4.69) is 16.9 Å². The summed E-state index contributed by atoms with van der Waals surface area (Å²) < 4.78 is 66.5. The number of hydrogen-bond acceptors (Lipinski definition) is 5. The highest BCUT2D eigenvalue weighted by molar-refractivity contribution is 7.89. The lowest BCUT2D eigenvalue weighted by molar-refractivity contribution is -0.152. The molecule has 3 aromatic carbocycles. The average Bonchev–Trinajstić information content (AvgIpc) is 2.90. The van der Waals surface area contributed by atoms with E-state index in [9.17, 15) is 27.1 Å². The number of aliphatic carboxylic acids is 1. The topological polar surface area (TPSA) is 102 Å². The van der Waals surface area contributed by atoms with E-state index in [1.165, 1.54) is 35.9 Å². The summed E-state index contributed by atoms with van der Waals surface area (Å²) in [4.78, 5) is 12.0. The first-order valence-corrected chi connectivity index (χ1v) is 13.7. The molecule has 1 heterocycles. The van der Waals surface area contributed by atoms with Crippen molar-refractivity contribution in [1.29, 1.82) is 0 Å². The van der Waals surface area contributed by atoms with Gasteiger partial charge in [-0.25, -0.2) is 17.2 Å². The minimum Gasteiger partial charge on any atom is -0.489 e. The minimum atomic E-state index is -4.20. The van der Waals surface area contributed by atoms with E-state index in [1.807, 2.05) is 18.2 Å². The third-order valence-corrected chi connectivity index (χ3v) is 8.13. The number of hydrogen-bond donors (Lipinski definition) is 2. The van der Waals surface area contributed by atoms with Crippen molar-refractivity contribution in [1.82, 2.24) is 4.72 Å². The molecule has 0 aromatic heterocycles. The number of ether oxygens (including phenoxy) is 2. The highest BCUT2D eigenvalue weighted by Gasteiger charge is 2.46. The van der Waals surface area contributed by atoms with E-state index >= 15 is 0 Å². The Hall–Kier alpha value is -3.34. The molecule has 202 valence electrons. The zero-order chi connectivity index (χ0) is 27.2. The molecule has 4 rings (SSSR count). The van der Waals surface area contributed by atoms with Crippen molar-refractivity contribution in [3.63, 3.8) is 0 Å². The first-order chi connectivity index (χ1) is 18.2. The molecule has 1 fully saturated rings. The van der Waals surface area contributed by atoms with Gasteiger partial charge in [0.25, 0.3) is 0 Å². The Labute approximate surface area is 220 Å². The van der Waals surface area contributed by atoms with Crippen LogP contribution in [0.15, 0.2) is 77.7 Å². The lowest BCUT2D eigenvalue weighted by atomic mass is 9.89. The van der Waals surface area contributed by atoms with Crippen LogP contribution in [0.2, 0.25) is 0 Å². The Balaban J connectivity index is 1.33. The third kappa shape index (κ3) is 6.94. The van der Waals surface area contributed by atoms with Gasteiger partial charge >= 0.3 is 5.97 Å². The molecule has 1 saturated heterocycles. The molecular formula is C28H29F2NO6S. The number of carbonyl (C=O) groups is 1. The highest BCUT2D eigenvalue weighted by atomic mass is 32.2. The van der Waals surface area contributed by atoms with Gasteiger partial charge in [-0.05, 0) is 74.1 Å². The number of carboxylic acid groups (broad SMARTS) is 1. The highest BCUT2D eigenvalue weighted by Crippen LogP contribution is 2.29. The van der Waals surface area contributed by atoms with Gasteiger partial charge in [-0.1, -0.05) is 30.3 Å². The van der Waals surface area contributed by atoms with Crippen molar-refractivity contribution in [3.05, 3.63) is 95.6 Å².